The molecule has 0 saturated carbocycles. The zero-order valence-corrected chi connectivity index (χ0v) is 18.7. The van der Waals surface area contributed by atoms with Gasteiger partial charge in [-0.1, -0.05) is 47.0 Å². The number of amides is 4. The molecule has 0 spiro atoms. The first-order valence-electron chi connectivity index (χ1n) is 9.21. The van der Waals surface area contributed by atoms with Gasteiger partial charge in [-0.25, -0.2) is 4.79 Å². The van der Waals surface area contributed by atoms with Crippen LogP contribution in [0.4, 0.5) is 16.2 Å². The van der Waals surface area contributed by atoms with Gasteiger partial charge in [-0.3, -0.25) is 19.8 Å². The number of benzene rings is 2. The summed E-state index contributed by atoms with van der Waals surface area (Å²) in [7, 11) is 1.60. The van der Waals surface area contributed by atoms with Crippen LogP contribution in [0.2, 0.25) is 10.0 Å². The smallest absolute Gasteiger partial charge is 0.322 e. The van der Waals surface area contributed by atoms with E-state index in [-0.39, 0.29) is 6.54 Å². The van der Waals surface area contributed by atoms with Crippen molar-refractivity contribution >= 4 is 52.4 Å². The lowest BCUT2D eigenvalue weighted by atomic mass is 10.1. The van der Waals surface area contributed by atoms with Crippen molar-refractivity contribution in [3.8, 4) is 0 Å². The molecule has 0 aliphatic carbocycles. The van der Waals surface area contributed by atoms with Gasteiger partial charge in [-0.2, -0.15) is 0 Å². The summed E-state index contributed by atoms with van der Waals surface area (Å²) in [5.74, 6) is -0.935. The standard InChI is InChI=1S/C21H24Cl2N4O3/c1-12-8-9-17(13(2)10-12)24-21(30)26-20(29)14(3)27(4)11-18(28)25-19-15(22)6-5-7-16(19)23/h5-10,14H,11H2,1-4H3,(H,25,28)(H2,24,26,29,30). The topological polar surface area (TPSA) is 90.5 Å². The summed E-state index contributed by atoms with van der Waals surface area (Å²) in [6, 6.07) is 9.08. The number of para-hydroxylation sites is 1. The maximum atomic E-state index is 12.4. The van der Waals surface area contributed by atoms with Crippen LogP contribution in [0.5, 0.6) is 0 Å². The molecule has 2 aromatic carbocycles. The Bertz CT molecular complexity index is 945. The minimum absolute atomic E-state index is 0.102. The largest absolute Gasteiger partial charge is 0.325 e. The molecule has 9 heteroatoms. The Kier molecular flexibility index (Phi) is 8.23. The van der Waals surface area contributed by atoms with Crippen LogP contribution < -0.4 is 16.0 Å². The average molecular weight is 451 g/mol. The number of aryl methyl sites for hydroxylation is 2. The first-order valence-corrected chi connectivity index (χ1v) is 9.97. The highest BCUT2D eigenvalue weighted by atomic mass is 35.5. The van der Waals surface area contributed by atoms with Crippen molar-refractivity contribution in [3.63, 3.8) is 0 Å². The predicted molar refractivity (Wildman–Crippen MR) is 120 cm³/mol. The highest BCUT2D eigenvalue weighted by molar-refractivity contribution is 6.39. The van der Waals surface area contributed by atoms with Crippen molar-refractivity contribution in [2.75, 3.05) is 24.2 Å². The molecule has 3 N–H and O–H groups in total. The number of anilines is 2. The normalized spacial score (nSPS) is 11.7. The van der Waals surface area contributed by atoms with Gasteiger partial charge in [-0.15, -0.1) is 0 Å². The van der Waals surface area contributed by atoms with E-state index in [0.717, 1.165) is 11.1 Å². The number of carbonyl (C=O) groups is 3. The summed E-state index contributed by atoms with van der Waals surface area (Å²) in [6.45, 7) is 5.31. The second kappa shape index (κ2) is 10.4. The first-order chi connectivity index (χ1) is 14.1. The lowest BCUT2D eigenvalue weighted by molar-refractivity contribution is -0.125. The fourth-order valence-electron chi connectivity index (χ4n) is 2.68. The van der Waals surface area contributed by atoms with E-state index in [1.54, 1.807) is 38.2 Å². The van der Waals surface area contributed by atoms with Crippen LogP contribution >= 0.6 is 23.2 Å². The van der Waals surface area contributed by atoms with E-state index in [1.807, 2.05) is 26.0 Å². The quantitative estimate of drug-likeness (QED) is 0.614. The lowest BCUT2D eigenvalue weighted by Crippen LogP contribution is -2.48. The van der Waals surface area contributed by atoms with E-state index in [1.165, 1.54) is 4.90 Å². The van der Waals surface area contributed by atoms with Crippen molar-refractivity contribution in [2.45, 2.75) is 26.8 Å². The molecule has 0 aliphatic heterocycles. The van der Waals surface area contributed by atoms with Crippen molar-refractivity contribution in [1.29, 1.82) is 0 Å². The van der Waals surface area contributed by atoms with Gasteiger partial charge in [0, 0.05) is 5.69 Å². The van der Waals surface area contributed by atoms with Gasteiger partial charge in [0.1, 0.15) is 0 Å². The molecule has 0 bridgehead atoms. The number of carbonyl (C=O) groups excluding carboxylic acids is 3. The van der Waals surface area contributed by atoms with Gasteiger partial charge in [-0.05, 0) is 51.6 Å². The van der Waals surface area contributed by atoms with Crippen LogP contribution in [-0.2, 0) is 9.59 Å². The van der Waals surface area contributed by atoms with Gasteiger partial charge < -0.3 is 10.6 Å². The second-order valence-electron chi connectivity index (χ2n) is 7.00. The second-order valence-corrected chi connectivity index (χ2v) is 7.81. The van der Waals surface area contributed by atoms with E-state index >= 15 is 0 Å². The molecular formula is C21H24Cl2N4O3. The molecule has 0 heterocycles. The highest BCUT2D eigenvalue weighted by Crippen LogP contribution is 2.29. The summed E-state index contributed by atoms with van der Waals surface area (Å²) in [6.07, 6.45) is 0. The van der Waals surface area contributed by atoms with E-state index in [4.69, 9.17) is 23.2 Å². The first kappa shape index (κ1) is 23.7. The number of rotatable bonds is 6. The number of nitrogens with zero attached hydrogens (tertiary/aromatic N) is 1. The number of hydrogen-bond acceptors (Lipinski definition) is 4. The Balaban J connectivity index is 1.90. The molecule has 1 atom stereocenters. The summed E-state index contributed by atoms with van der Waals surface area (Å²) in [5.41, 5.74) is 2.88. The van der Waals surface area contributed by atoms with Crippen LogP contribution in [0.25, 0.3) is 0 Å². The number of urea groups is 1. The number of imide groups is 1. The van der Waals surface area contributed by atoms with Crippen LogP contribution in [0.15, 0.2) is 36.4 Å². The number of nitrogens with one attached hydrogen (secondary N) is 3. The summed E-state index contributed by atoms with van der Waals surface area (Å²) in [5, 5.41) is 8.19. The maximum Gasteiger partial charge on any atom is 0.325 e. The molecule has 160 valence electrons. The van der Waals surface area contributed by atoms with Crippen molar-refractivity contribution < 1.29 is 14.4 Å². The van der Waals surface area contributed by atoms with Crippen LogP contribution in [0.3, 0.4) is 0 Å². The zero-order chi connectivity index (χ0) is 22.4. The molecule has 1 unspecified atom stereocenters. The monoisotopic (exact) mass is 450 g/mol. The Morgan fingerprint density at radius 1 is 1.03 bits per heavy atom. The van der Waals surface area contributed by atoms with E-state index in [9.17, 15) is 14.4 Å². The Morgan fingerprint density at radius 3 is 2.27 bits per heavy atom. The highest BCUT2D eigenvalue weighted by Gasteiger charge is 2.22. The molecule has 0 radical (unpaired) electrons. The van der Waals surface area contributed by atoms with Crippen molar-refractivity contribution in [1.82, 2.24) is 10.2 Å². The minimum Gasteiger partial charge on any atom is -0.322 e. The summed E-state index contributed by atoms with van der Waals surface area (Å²) < 4.78 is 0. The van der Waals surface area contributed by atoms with Crippen LogP contribution in [0.1, 0.15) is 18.1 Å². The molecule has 4 amide bonds. The van der Waals surface area contributed by atoms with Crippen molar-refractivity contribution in [2.24, 2.45) is 0 Å². The third-order valence-corrected chi connectivity index (χ3v) is 5.16. The Morgan fingerprint density at radius 2 is 1.67 bits per heavy atom. The minimum atomic E-state index is -0.734. The number of halogens is 2. The predicted octanol–water partition coefficient (Wildman–Crippen LogP) is 4.22. The summed E-state index contributed by atoms with van der Waals surface area (Å²) >= 11 is 12.1. The zero-order valence-electron chi connectivity index (χ0n) is 17.2. The molecule has 7 nitrogen and oxygen atoms in total. The lowest BCUT2D eigenvalue weighted by Gasteiger charge is -2.23. The average Bonchev–Trinajstić information content (AvgIpc) is 2.66. The third kappa shape index (κ3) is 6.45. The van der Waals surface area contributed by atoms with Gasteiger partial charge in [0.05, 0.1) is 28.3 Å². The van der Waals surface area contributed by atoms with E-state index in [2.05, 4.69) is 16.0 Å². The van der Waals surface area contributed by atoms with Gasteiger partial charge in [0.2, 0.25) is 11.8 Å². The third-order valence-electron chi connectivity index (χ3n) is 4.53. The molecule has 0 saturated heterocycles. The van der Waals surface area contributed by atoms with E-state index < -0.39 is 23.9 Å². The molecule has 2 rings (SSSR count). The van der Waals surface area contributed by atoms with Crippen molar-refractivity contribution in [3.05, 3.63) is 57.6 Å². The number of hydrogen-bond donors (Lipinski definition) is 3. The van der Waals surface area contributed by atoms with Crippen LogP contribution in [-0.4, -0.2) is 42.4 Å². The van der Waals surface area contributed by atoms with Gasteiger partial charge >= 0.3 is 6.03 Å². The summed E-state index contributed by atoms with van der Waals surface area (Å²) in [4.78, 5) is 38.3. The SMILES string of the molecule is Cc1ccc(NC(=O)NC(=O)C(C)N(C)CC(=O)Nc2c(Cl)cccc2Cl)c(C)c1. The maximum absolute atomic E-state index is 12.4. The van der Waals surface area contributed by atoms with Gasteiger partial charge in [0.25, 0.3) is 0 Å². The van der Waals surface area contributed by atoms with Crippen LogP contribution in [0, 0.1) is 13.8 Å². The Hall–Kier alpha value is -2.61. The molecule has 0 fully saturated rings. The molecule has 0 aliphatic rings. The van der Waals surface area contributed by atoms with Gasteiger partial charge in [0.15, 0.2) is 0 Å². The van der Waals surface area contributed by atoms with E-state index in [0.29, 0.717) is 21.4 Å². The molecule has 2 aromatic rings. The molecular weight excluding hydrogens is 427 g/mol. The molecule has 30 heavy (non-hydrogen) atoms. The molecule has 0 aromatic heterocycles. The Labute approximate surface area is 185 Å². The number of likely N-dealkylation sites (N-methyl/N-ethyl adjacent to an activating group) is 1. The fraction of sp³-hybridized carbons (Fsp3) is 0.286. The fourth-order valence-corrected chi connectivity index (χ4v) is 3.18.